The van der Waals surface area contributed by atoms with Crippen molar-refractivity contribution in [1.29, 1.82) is 0 Å². The van der Waals surface area contributed by atoms with Crippen LogP contribution in [0.4, 0.5) is 20.8 Å². The molecule has 0 saturated carbocycles. The molecule has 1 saturated heterocycles. The van der Waals surface area contributed by atoms with Gasteiger partial charge in [-0.2, -0.15) is 0 Å². The summed E-state index contributed by atoms with van der Waals surface area (Å²) in [5, 5.41) is 2.77. The molecule has 3 rings (SSSR count). The van der Waals surface area contributed by atoms with Gasteiger partial charge in [0.1, 0.15) is 5.82 Å². The number of carbonyl (C=O) groups is 1. The highest BCUT2D eigenvalue weighted by Gasteiger charge is 2.22. The number of anilines is 2. The first-order valence-corrected chi connectivity index (χ1v) is 7.47. The van der Waals surface area contributed by atoms with Crippen molar-refractivity contribution < 1.29 is 9.18 Å². The van der Waals surface area contributed by atoms with E-state index in [0.717, 1.165) is 5.56 Å². The number of carbonyl (C=O) groups excluding carboxylic acids is 1. The van der Waals surface area contributed by atoms with Crippen molar-refractivity contribution in [3.05, 3.63) is 48.0 Å². The van der Waals surface area contributed by atoms with Crippen LogP contribution < -0.4 is 10.2 Å². The Bertz CT molecular complexity index is 666. The standard InChI is InChI=1S/C16H18FN5O/c1-12-10-18-15(19-11-12)21-6-8-22(9-7-21)16(23)20-14-4-2-13(17)3-5-14/h2-5,10-11H,6-9H2,1H3,(H,20,23). The number of hydrogen-bond donors (Lipinski definition) is 1. The van der Waals surface area contributed by atoms with E-state index >= 15 is 0 Å². The Morgan fingerprint density at radius 3 is 2.30 bits per heavy atom. The second-order valence-corrected chi connectivity index (χ2v) is 5.47. The minimum absolute atomic E-state index is 0.180. The van der Waals surface area contributed by atoms with Crippen LogP contribution in [0.2, 0.25) is 0 Å². The Kier molecular flexibility index (Phi) is 4.36. The lowest BCUT2D eigenvalue weighted by atomic mass is 10.3. The lowest BCUT2D eigenvalue weighted by Crippen LogP contribution is -2.50. The van der Waals surface area contributed by atoms with Gasteiger partial charge in [0.15, 0.2) is 0 Å². The molecule has 7 heteroatoms. The van der Waals surface area contributed by atoms with E-state index in [9.17, 15) is 9.18 Å². The maximum atomic E-state index is 12.9. The minimum Gasteiger partial charge on any atom is -0.337 e. The Balaban J connectivity index is 1.54. The summed E-state index contributed by atoms with van der Waals surface area (Å²) in [4.78, 5) is 24.6. The predicted molar refractivity (Wildman–Crippen MR) is 86.0 cm³/mol. The van der Waals surface area contributed by atoms with E-state index in [4.69, 9.17) is 0 Å². The third-order valence-electron chi connectivity index (χ3n) is 3.71. The highest BCUT2D eigenvalue weighted by molar-refractivity contribution is 5.89. The van der Waals surface area contributed by atoms with Crippen molar-refractivity contribution >= 4 is 17.7 Å². The molecule has 6 nitrogen and oxygen atoms in total. The van der Waals surface area contributed by atoms with Crippen LogP contribution in [0.1, 0.15) is 5.56 Å². The summed E-state index contributed by atoms with van der Waals surface area (Å²) in [7, 11) is 0. The Labute approximate surface area is 134 Å². The van der Waals surface area contributed by atoms with Crippen LogP contribution in [-0.4, -0.2) is 47.1 Å². The lowest BCUT2D eigenvalue weighted by molar-refractivity contribution is 0.208. The van der Waals surface area contributed by atoms with E-state index in [2.05, 4.69) is 20.2 Å². The molecule has 1 aliphatic rings. The lowest BCUT2D eigenvalue weighted by Gasteiger charge is -2.34. The summed E-state index contributed by atoms with van der Waals surface area (Å²) in [5.74, 6) is 0.365. The van der Waals surface area contributed by atoms with E-state index in [1.807, 2.05) is 6.92 Å². The first kappa shape index (κ1) is 15.2. The zero-order valence-corrected chi connectivity index (χ0v) is 12.9. The van der Waals surface area contributed by atoms with E-state index in [1.165, 1.54) is 12.1 Å². The van der Waals surface area contributed by atoms with Crippen molar-refractivity contribution in [2.24, 2.45) is 0 Å². The van der Waals surface area contributed by atoms with Gasteiger partial charge in [-0.1, -0.05) is 0 Å². The Morgan fingerprint density at radius 2 is 1.70 bits per heavy atom. The quantitative estimate of drug-likeness (QED) is 0.923. The van der Waals surface area contributed by atoms with Crippen molar-refractivity contribution in [1.82, 2.24) is 14.9 Å². The number of halogens is 1. The minimum atomic E-state index is -0.324. The number of nitrogens with zero attached hydrogens (tertiary/aromatic N) is 4. The second-order valence-electron chi connectivity index (χ2n) is 5.47. The molecular formula is C16H18FN5O. The molecule has 0 atom stereocenters. The van der Waals surface area contributed by atoms with Gasteiger partial charge in [0.25, 0.3) is 0 Å². The normalized spacial score (nSPS) is 14.7. The van der Waals surface area contributed by atoms with E-state index < -0.39 is 0 Å². The fraction of sp³-hybridized carbons (Fsp3) is 0.312. The van der Waals surface area contributed by atoms with Gasteiger partial charge >= 0.3 is 6.03 Å². The molecule has 2 heterocycles. The highest BCUT2D eigenvalue weighted by atomic mass is 19.1. The fourth-order valence-electron chi connectivity index (χ4n) is 2.39. The van der Waals surface area contributed by atoms with Gasteiger partial charge in [-0.25, -0.2) is 19.2 Å². The zero-order chi connectivity index (χ0) is 16.2. The summed E-state index contributed by atoms with van der Waals surface area (Å²) in [6, 6.07) is 5.55. The number of benzene rings is 1. The van der Waals surface area contributed by atoms with E-state index in [0.29, 0.717) is 37.8 Å². The molecule has 0 bridgehead atoms. The van der Waals surface area contributed by atoms with Crippen molar-refractivity contribution in [3.63, 3.8) is 0 Å². The molecule has 2 aromatic rings. The number of aromatic nitrogens is 2. The number of hydrogen-bond acceptors (Lipinski definition) is 4. The molecule has 1 fully saturated rings. The SMILES string of the molecule is Cc1cnc(N2CCN(C(=O)Nc3ccc(F)cc3)CC2)nc1. The average molecular weight is 315 g/mol. The average Bonchev–Trinajstić information content (AvgIpc) is 2.58. The predicted octanol–water partition coefficient (Wildman–Crippen LogP) is 2.28. The molecule has 1 aliphatic heterocycles. The summed E-state index contributed by atoms with van der Waals surface area (Å²) in [5.41, 5.74) is 1.60. The molecule has 2 amide bonds. The number of nitrogens with one attached hydrogen (secondary N) is 1. The highest BCUT2D eigenvalue weighted by Crippen LogP contribution is 2.13. The number of aryl methyl sites for hydroxylation is 1. The second kappa shape index (κ2) is 6.60. The molecule has 1 aromatic heterocycles. The Morgan fingerprint density at radius 1 is 1.09 bits per heavy atom. The Hall–Kier alpha value is -2.70. The zero-order valence-electron chi connectivity index (χ0n) is 12.9. The van der Waals surface area contributed by atoms with Crippen LogP contribution in [0.15, 0.2) is 36.7 Å². The maximum absolute atomic E-state index is 12.9. The van der Waals surface area contributed by atoms with E-state index in [-0.39, 0.29) is 11.8 Å². The van der Waals surface area contributed by atoms with Gasteiger partial charge < -0.3 is 15.1 Å². The molecule has 0 unspecified atom stereocenters. The molecule has 0 radical (unpaired) electrons. The van der Waals surface area contributed by atoms with Gasteiger partial charge in [-0.05, 0) is 36.8 Å². The smallest absolute Gasteiger partial charge is 0.321 e. The first-order chi connectivity index (χ1) is 11.1. The number of rotatable bonds is 2. The third kappa shape index (κ3) is 3.74. The monoisotopic (exact) mass is 315 g/mol. The number of urea groups is 1. The van der Waals surface area contributed by atoms with Crippen LogP contribution in [0.25, 0.3) is 0 Å². The number of amides is 2. The molecule has 1 aromatic carbocycles. The van der Waals surface area contributed by atoms with Crippen LogP contribution in [0.5, 0.6) is 0 Å². The van der Waals surface area contributed by atoms with Crippen LogP contribution in [0, 0.1) is 12.7 Å². The molecule has 1 N–H and O–H groups in total. The fourth-order valence-corrected chi connectivity index (χ4v) is 2.39. The number of piperazine rings is 1. The molecule has 0 aliphatic carbocycles. The largest absolute Gasteiger partial charge is 0.337 e. The molecule has 0 spiro atoms. The van der Waals surface area contributed by atoms with Gasteiger partial charge in [0, 0.05) is 44.3 Å². The van der Waals surface area contributed by atoms with Gasteiger partial charge in [0.05, 0.1) is 0 Å². The van der Waals surface area contributed by atoms with Crippen molar-refractivity contribution in [2.75, 3.05) is 36.4 Å². The van der Waals surface area contributed by atoms with E-state index in [1.54, 1.807) is 29.4 Å². The first-order valence-electron chi connectivity index (χ1n) is 7.47. The molecule has 23 heavy (non-hydrogen) atoms. The van der Waals surface area contributed by atoms with Crippen LogP contribution in [0.3, 0.4) is 0 Å². The third-order valence-corrected chi connectivity index (χ3v) is 3.71. The molecular weight excluding hydrogens is 297 g/mol. The summed E-state index contributed by atoms with van der Waals surface area (Å²) < 4.78 is 12.9. The maximum Gasteiger partial charge on any atom is 0.321 e. The van der Waals surface area contributed by atoms with Gasteiger partial charge in [-0.3, -0.25) is 0 Å². The summed E-state index contributed by atoms with van der Waals surface area (Å²) >= 11 is 0. The van der Waals surface area contributed by atoms with Gasteiger partial charge in [0.2, 0.25) is 5.95 Å². The van der Waals surface area contributed by atoms with Crippen LogP contribution >= 0.6 is 0 Å². The van der Waals surface area contributed by atoms with Gasteiger partial charge in [-0.15, -0.1) is 0 Å². The van der Waals surface area contributed by atoms with Crippen molar-refractivity contribution in [2.45, 2.75) is 6.92 Å². The summed E-state index contributed by atoms with van der Waals surface area (Å²) in [6.07, 6.45) is 3.58. The van der Waals surface area contributed by atoms with Crippen LogP contribution in [-0.2, 0) is 0 Å². The van der Waals surface area contributed by atoms with Crippen molar-refractivity contribution in [3.8, 4) is 0 Å². The molecule has 120 valence electrons. The topological polar surface area (TPSA) is 61.4 Å². The summed E-state index contributed by atoms with van der Waals surface area (Å²) in [6.45, 7) is 4.48.